The molecule has 0 atom stereocenters. The van der Waals surface area contributed by atoms with Crippen molar-refractivity contribution in [3.05, 3.63) is 70.8 Å². The smallest absolute Gasteiger partial charge is 0.281 e. The summed E-state index contributed by atoms with van der Waals surface area (Å²) >= 11 is 0. The van der Waals surface area contributed by atoms with Gasteiger partial charge in [-0.05, 0) is 29.8 Å². The molecule has 2 heterocycles. The van der Waals surface area contributed by atoms with E-state index in [0.717, 1.165) is 11.3 Å². The van der Waals surface area contributed by atoms with Crippen LogP contribution in [0.1, 0.15) is 5.56 Å². The Labute approximate surface area is 132 Å². The molecule has 0 spiro atoms. The maximum absolute atomic E-state index is 12.3. The van der Waals surface area contributed by atoms with Crippen LogP contribution >= 0.6 is 0 Å². The number of aromatic nitrogens is 2. The number of carbonyl (C=O) groups is 1. The largest absolute Gasteiger partial charge is 0.497 e. The highest BCUT2D eigenvalue weighted by Gasteiger charge is 2.09. The molecule has 23 heavy (non-hydrogen) atoms. The molecule has 3 rings (SSSR count). The van der Waals surface area contributed by atoms with E-state index in [0.29, 0.717) is 5.65 Å². The lowest BCUT2D eigenvalue weighted by Crippen LogP contribution is -2.24. The lowest BCUT2D eigenvalue weighted by Gasteiger charge is -2.07. The third-order valence-electron chi connectivity index (χ3n) is 3.41. The Hall–Kier alpha value is -3.15. The summed E-state index contributed by atoms with van der Waals surface area (Å²) in [6, 6.07) is 12.4. The quantitative estimate of drug-likeness (QED) is 0.798. The topological polar surface area (TPSA) is 72.7 Å². The molecule has 0 unspecified atom stereocenters. The van der Waals surface area contributed by atoms with Crippen molar-refractivity contribution in [1.29, 1.82) is 0 Å². The molecule has 0 radical (unpaired) electrons. The summed E-state index contributed by atoms with van der Waals surface area (Å²) in [5.74, 6) is 0.455. The molecule has 6 heteroatoms. The van der Waals surface area contributed by atoms with Gasteiger partial charge in [-0.15, -0.1) is 0 Å². The molecule has 0 saturated carbocycles. The first-order valence-corrected chi connectivity index (χ1v) is 7.06. The molecule has 0 aliphatic rings. The van der Waals surface area contributed by atoms with E-state index in [4.69, 9.17) is 4.74 Å². The summed E-state index contributed by atoms with van der Waals surface area (Å²) in [5, 5.41) is 2.61. The van der Waals surface area contributed by atoms with Crippen LogP contribution in [0.3, 0.4) is 0 Å². The van der Waals surface area contributed by atoms with Gasteiger partial charge in [0.15, 0.2) is 0 Å². The summed E-state index contributed by atoms with van der Waals surface area (Å²) < 4.78 is 6.47. The zero-order valence-corrected chi connectivity index (χ0v) is 12.5. The number of carbonyl (C=O) groups excluding carboxylic acids is 1. The molecule has 2 aromatic heterocycles. The van der Waals surface area contributed by atoms with Crippen molar-refractivity contribution in [2.24, 2.45) is 0 Å². The van der Waals surface area contributed by atoms with Crippen molar-refractivity contribution in [2.45, 2.75) is 6.42 Å². The molecular weight excluding hydrogens is 294 g/mol. The maximum atomic E-state index is 12.3. The summed E-state index contributed by atoms with van der Waals surface area (Å²) in [7, 11) is 1.59. The molecule has 0 aliphatic heterocycles. The van der Waals surface area contributed by atoms with E-state index in [-0.39, 0.29) is 23.6 Å². The van der Waals surface area contributed by atoms with Crippen LogP contribution in [0.2, 0.25) is 0 Å². The fraction of sp³-hybridized carbons (Fsp3) is 0.118. The SMILES string of the molecule is COc1ccc(CC(=O)Nc2cnc3ccccn3c2=O)cc1. The molecule has 116 valence electrons. The van der Waals surface area contributed by atoms with E-state index >= 15 is 0 Å². The van der Waals surface area contributed by atoms with Crippen LogP contribution < -0.4 is 15.6 Å². The number of amides is 1. The van der Waals surface area contributed by atoms with E-state index in [1.807, 2.05) is 12.1 Å². The van der Waals surface area contributed by atoms with Crippen molar-refractivity contribution in [3.8, 4) is 5.75 Å². The number of ether oxygens (including phenoxy) is 1. The molecular formula is C17H15N3O3. The summed E-state index contributed by atoms with van der Waals surface area (Å²) in [5.41, 5.74) is 1.22. The number of benzene rings is 1. The normalized spacial score (nSPS) is 10.5. The first-order chi connectivity index (χ1) is 11.2. The Kier molecular flexibility index (Phi) is 4.05. The van der Waals surface area contributed by atoms with Gasteiger partial charge in [-0.3, -0.25) is 14.0 Å². The fourth-order valence-corrected chi connectivity index (χ4v) is 2.24. The molecule has 3 aromatic rings. The predicted octanol–water partition coefficient (Wildman–Crippen LogP) is 1.88. The second-order valence-electron chi connectivity index (χ2n) is 4.98. The van der Waals surface area contributed by atoms with Gasteiger partial charge in [0.1, 0.15) is 17.1 Å². The Morgan fingerprint density at radius 3 is 2.74 bits per heavy atom. The number of methoxy groups -OCH3 is 1. The van der Waals surface area contributed by atoms with Crippen LogP contribution in [0.5, 0.6) is 5.75 Å². The summed E-state index contributed by atoms with van der Waals surface area (Å²) in [6.07, 6.45) is 3.16. The molecule has 0 bridgehead atoms. The number of pyridine rings is 1. The van der Waals surface area contributed by atoms with Crippen LogP contribution in [0, 0.1) is 0 Å². The second kappa shape index (κ2) is 6.31. The number of hydrogen-bond donors (Lipinski definition) is 1. The van der Waals surface area contributed by atoms with Gasteiger partial charge in [0.2, 0.25) is 5.91 Å². The molecule has 6 nitrogen and oxygen atoms in total. The van der Waals surface area contributed by atoms with Gasteiger partial charge in [0.05, 0.1) is 19.7 Å². The minimum Gasteiger partial charge on any atom is -0.497 e. The zero-order valence-electron chi connectivity index (χ0n) is 12.5. The van der Waals surface area contributed by atoms with Gasteiger partial charge in [-0.2, -0.15) is 0 Å². The number of rotatable bonds is 4. The van der Waals surface area contributed by atoms with Crippen LogP contribution in [-0.4, -0.2) is 22.4 Å². The third-order valence-corrected chi connectivity index (χ3v) is 3.41. The third kappa shape index (κ3) is 3.21. The second-order valence-corrected chi connectivity index (χ2v) is 4.98. The number of anilines is 1. The van der Waals surface area contributed by atoms with Gasteiger partial charge in [0.25, 0.3) is 5.56 Å². The van der Waals surface area contributed by atoms with Crippen molar-refractivity contribution in [3.63, 3.8) is 0 Å². The fourth-order valence-electron chi connectivity index (χ4n) is 2.24. The first kappa shape index (κ1) is 14.8. The standard InChI is InChI=1S/C17H15N3O3/c1-23-13-7-5-12(6-8-13)10-16(21)19-14-11-18-15-4-2-3-9-20(15)17(14)22/h2-9,11H,10H2,1H3,(H,19,21). The minimum atomic E-state index is -0.307. The number of hydrogen-bond acceptors (Lipinski definition) is 4. The summed E-state index contributed by atoms with van der Waals surface area (Å²) in [6.45, 7) is 0. The van der Waals surface area contributed by atoms with Crippen LogP contribution in [0.15, 0.2) is 59.7 Å². The monoisotopic (exact) mass is 309 g/mol. The van der Waals surface area contributed by atoms with Crippen molar-refractivity contribution >= 4 is 17.2 Å². The average molecular weight is 309 g/mol. The van der Waals surface area contributed by atoms with Crippen molar-refractivity contribution in [2.75, 3.05) is 12.4 Å². The zero-order chi connectivity index (χ0) is 16.2. The van der Waals surface area contributed by atoms with E-state index in [1.165, 1.54) is 10.6 Å². The van der Waals surface area contributed by atoms with Crippen molar-refractivity contribution < 1.29 is 9.53 Å². The Morgan fingerprint density at radius 1 is 1.22 bits per heavy atom. The molecule has 1 aromatic carbocycles. The average Bonchev–Trinajstić information content (AvgIpc) is 2.58. The highest BCUT2D eigenvalue weighted by molar-refractivity contribution is 5.92. The van der Waals surface area contributed by atoms with Gasteiger partial charge in [0, 0.05) is 6.20 Å². The van der Waals surface area contributed by atoms with Crippen LogP contribution in [0.4, 0.5) is 5.69 Å². The highest BCUT2D eigenvalue weighted by Crippen LogP contribution is 2.12. The van der Waals surface area contributed by atoms with E-state index in [2.05, 4.69) is 10.3 Å². The van der Waals surface area contributed by atoms with Gasteiger partial charge < -0.3 is 10.1 Å². The molecule has 0 saturated heterocycles. The Morgan fingerprint density at radius 2 is 2.00 bits per heavy atom. The maximum Gasteiger partial charge on any atom is 0.281 e. The van der Waals surface area contributed by atoms with E-state index in [9.17, 15) is 9.59 Å². The number of nitrogens with one attached hydrogen (secondary N) is 1. The van der Waals surface area contributed by atoms with Gasteiger partial charge in [-0.25, -0.2) is 4.98 Å². The van der Waals surface area contributed by atoms with E-state index in [1.54, 1.807) is 43.6 Å². The van der Waals surface area contributed by atoms with Crippen molar-refractivity contribution in [1.82, 2.24) is 9.38 Å². The molecule has 0 fully saturated rings. The van der Waals surface area contributed by atoms with Gasteiger partial charge >= 0.3 is 0 Å². The Balaban J connectivity index is 1.77. The predicted molar refractivity (Wildman–Crippen MR) is 86.8 cm³/mol. The van der Waals surface area contributed by atoms with Crippen LogP contribution in [-0.2, 0) is 11.2 Å². The van der Waals surface area contributed by atoms with Gasteiger partial charge in [-0.1, -0.05) is 18.2 Å². The lowest BCUT2D eigenvalue weighted by molar-refractivity contribution is -0.115. The number of fused-ring (bicyclic) bond motifs is 1. The lowest BCUT2D eigenvalue weighted by atomic mass is 10.1. The first-order valence-electron chi connectivity index (χ1n) is 7.06. The Bertz CT molecular complexity index is 901. The number of nitrogens with zero attached hydrogens (tertiary/aromatic N) is 2. The van der Waals surface area contributed by atoms with Crippen LogP contribution in [0.25, 0.3) is 5.65 Å². The molecule has 0 aliphatic carbocycles. The highest BCUT2D eigenvalue weighted by atomic mass is 16.5. The molecule has 1 N–H and O–H groups in total. The summed E-state index contributed by atoms with van der Waals surface area (Å²) in [4.78, 5) is 28.6. The minimum absolute atomic E-state index is 0.159. The van der Waals surface area contributed by atoms with E-state index < -0.39 is 0 Å². The molecule has 1 amide bonds.